The molecule has 1 saturated heterocycles. The van der Waals surface area contributed by atoms with Crippen molar-refractivity contribution in [3.63, 3.8) is 0 Å². The maximum absolute atomic E-state index is 12.7. The smallest absolute Gasteiger partial charge is 0.339 e. The largest absolute Gasteiger partial charge is 0.462 e. The number of benzene rings is 1. The molecule has 3 N–H and O–H groups in total. The van der Waals surface area contributed by atoms with Crippen LogP contribution in [0.1, 0.15) is 35.4 Å². The Morgan fingerprint density at radius 2 is 1.91 bits per heavy atom. The van der Waals surface area contributed by atoms with Gasteiger partial charge in [-0.25, -0.2) is 9.78 Å². The molecule has 0 aliphatic carbocycles. The van der Waals surface area contributed by atoms with Gasteiger partial charge in [-0.2, -0.15) is 4.98 Å². The molecule has 1 aliphatic rings. The van der Waals surface area contributed by atoms with Crippen LogP contribution in [-0.4, -0.2) is 64.6 Å². The van der Waals surface area contributed by atoms with E-state index in [2.05, 4.69) is 9.97 Å². The number of carbonyl (C=O) groups is 2. The number of aromatic nitrogens is 2. The van der Waals surface area contributed by atoms with E-state index >= 15 is 0 Å². The van der Waals surface area contributed by atoms with Gasteiger partial charge in [0.15, 0.2) is 0 Å². The summed E-state index contributed by atoms with van der Waals surface area (Å²) >= 11 is 1.32. The lowest BCUT2D eigenvalue weighted by Gasteiger charge is -2.36. The number of hydrogen-bond donors (Lipinski definition) is 2. The molecule has 3 aromatic rings. The van der Waals surface area contributed by atoms with Crippen molar-refractivity contribution in [2.45, 2.75) is 19.4 Å². The summed E-state index contributed by atoms with van der Waals surface area (Å²) in [5, 5.41) is 12.7. The molecule has 32 heavy (non-hydrogen) atoms. The number of hydrogen-bond acceptors (Lipinski definition) is 9. The van der Waals surface area contributed by atoms with Gasteiger partial charge >= 0.3 is 5.97 Å². The van der Waals surface area contributed by atoms with Crippen LogP contribution in [0.3, 0.4) is 0 Å². The first-order valence-electron chi connectivity index (χ1n) is 10.5. The van der Waals surface area contributed by atoms with Gasteiger partial charge in [-0.05, 0) is 12.5 Å². The fourth-order valence-corrected chi connectivity index (χ4v) is 4.69. The van der Waals surface area contributed by atoms with E-state index in [1.807, 2.05) is 35.2 Å². The van der Waals surface area contributed by atoms with E-state index in [0.29, 0.717) is 47.8 Å². The monoisotopic (exact) mass is 455 g/mol. The first-order valence-corrected chi connectivity index (χ1v) is 11.3. The zero-order valence-electron chi connectivity index (χ0n) is 17.7. The van der Waals surface area contributed by atoms with Crippen LogP contribution in [0.5, 0.6) is 0 Å². The second-order valence-corrected chi connectivity index (χ2v) is 8.31. The molecule has 3 heterocycles. The van der Waals surface area contributed by atoms with Crippen molar-refractivity contribution in [3.8, 4) is 0 Å². The summed E-state index contributed by atoms with van der Waals surface area (Å²) in [6.45, 7) is 4.03. The van der Waals surface area contributed by atoms with Crippen molar-refractivity contribution in [1.82, 2.24) is 14.9 Å². The number of rotatable bonds is 6. The summed E-state index contributed by atoms with van der Waals surface area (Å²) < 4.78 is 5.17. The number of anilines is 2. The van der Waals surface area contributed by atoms with Crippen molar-refractivity contribution < 1.29 is 19.4 Å². The normalized spacial score (nSPS) is 15.1. The molecule has 1 aromatic carbocycles. The van der Waals surface area contributed by atoms with E-state index in [-0.39, 0.29) is 24.9 Å². The lowest BCUT2D eigenvalue weighted by atomic mass is 10.1. The number of piperazine rings is 1. The van der Waals surface area contributed by atoms with Crippen LogP contribution in [0, 0.1) is 0 Å². The molecule has 1 atom stereocenters. The number of ether oxygens (including phenoxy) is 1. The third kappa shape index (κ3) is 4.51. The molecule has 1 fully saturated rings. The molecule has 1 aliphatic heterocycles. The maximum Gasteiger partial charge on any atom is 0.339 e. The van der Waals surface area contributed by atoms with Crippen LogP contribution in [0.4, 0.5) is 11.8 Å². The summed E-state index contributed by atoms with van der Waals surface area (Å²) in [4.78, 5) is 38.1. The Balaban J connectivity index is 1.47. The highest BCUT2D eigenvalue weighted by atomic mass is 32.1. The van der Waals surface area contributed by atoms with E-state index in [9.17, 15) is 14.7 Å². The number of nitrogens with zero attached hydrogens (tertiary/aromatic N) is 4. The number of aliphatic hydroxyl groups excluding tert-OH is 1. The number of amides is 1. The summed E-state index contributed by atoms with van der Waals surface area (Å²) in [5.41, 5.74) is 7.06. The van der Waals surface area contributed by atoms with Crippen LogP contribution in [0.15, 0.2) is 35.7 Å². The minimum absolute atomic E-state index is 0.0340. The van der Waals surface area contributed by atoms with Crippen molar-refractivity contribution in [2.75, 3.05) is 43.4 Å². The van der Waals surface area contributed by atoms with E-state index in [4.69, 9.17) is 10.5 Å². The van der Waals surface area contributed by atoms with Crippen LogP contribution < -0.4 is 10.6 Å². The summed E-state index contributed by atoms with van der Waals surface area (Å²) in [6.07, 6.45) is -0.798. The lowest BCUT2D eigenvalue weighted by Crippen LogP contribution is -2.49. The fraction of sp³-hybridized carbons (Fsp3) is 0.364. The minimum atomic E-state index is -0.832. The number of fused-ring (bicyclic) bond motifs is 1. The molecular formula is C22H25N5O4S. The maximum atomic E-state index is 12.7. The second kappa shape index (κ2) is 9.49. The molecule has 4 rings (SSSR count). The molecule has 10 heteroatoms. The van der Waals surface area contributed by atoms with Gasteiger partial charge in [0.2, 0.25) is 11.9 Å². The number of carbonyl (C=O) groups excluding carboxylic acids is 2. The van der Waals surface area contributed by atoms with Gasteiger partial charge in [0.05, 0.1) is 30.1 Å². The first kappa shape index (κ1) is 22.0. The van der Waals surface area contributed by atoms with Gasteiger partial charge < -0.3 is 25.4 Å². The Kier molecular flexibility index (Phi) is 6.52. The third-order valence-electron chi connectivity index (χ3n) is 5.41. The van der Waals surface area contributed by atoms with Crippen molar-refractivity contribution >= 4 is 45.2 Å². The molecule has 0 bridgehead atoms. The van der Waals surface area contributed by atoms with Crippen molar-refractivity contribution in [1.29, 1.82) is 0 Å². The van der Waals surface area contributed by atoms with E-state index < -0.39 is 12.1 Å². The molecule has 0 spiro atoms. The van der Waals surface area contributed by atoms with Gasteiger partial charge in [-0.3, -0.25) is 4.79 Å². The Bertz CT molecular complexity index is 1110. The van der Waals surface area contributed by atoms with Crippen molar-refractivity contribution in [3.05, 3.63) is 46.8 Å². The fourth-order valence-electron chi connectivity index (χ4n) is 3.78. The molecule has 0 radical (unpaired) electrons. The standard InChI is InChI=1S/C22H25N5O4S/c1-2-31-21(30)15-13-32-20-18(15)19(24-22(23)25-20)27-10-8-26(9-11-27)17(29)12-16(28)14-6-4-3-5-7-14/h3-7,13,16,28H,2,8-12H2,1H3,(H2,23,24,25)/t16-/m1/s1. The summed E-state index contributed by atoms with van der Waals surface area (Å²) in [6, 6.07) is 9.16. The third-order valence-corrected chi connectivity index (χ3v) is 6.28. The number of nitrogens with two attached hydrogens (primary N) is 1. The molecular weight excluding hydrogens is 430 g/mol. The highest BCUT2D eigenvalue weighted by Crippen LogP contribution is 2.33. The van der Waals surface area contributed by atoms with E-state index in [0.717, 1.165) is 5.56 Å². The van der Waals surface area contributed by atoms with Gasteiger partial charge in [0.25, 0.3) is 0 Å². The van der Waals surface area contributed by atoms with Crippen LogP contribution >= 0.6 is 11.3 Å². The number of thiophene rings is 1. The average Bonchev–Trinajstić information content (AvgIpc) is 3.23. The molecule has 2 aromatic heterocycles. The van der Waals surface area contributed by atoms with Gasteiger partial charge in [-0.1, -0.05) is 30.3 Å². The zero-order valence-corrected chi connectivity index (χ0v) is 18.5. The molecule has 9 nitrogen and oxygen atoms in total. The van der Waals surface area contributed by atoms with E-state index in [1.165, 1.54) is 11.3 Å². The predicted molar refractivity (Wildman–Crippen MR) is 123 cm³/mol. The van der Waals surface area contributed by atoms with E-state index in [1.54, 1.807) is 17.2 Å². The van der Waals surface area contributed by atoms with Crippen LogP contribution in [0.25, 0.3) is 10.2 Å². The minimum Gasteiger partial charge on any atom is -0.462 e. The Labute approximate surface area is 189 Å². The average molecular weight is 456 g/mol. The number of esters is 1. The molecule has 168 valence electrons. The zero-order chi connectivity index (χ0) is 22.7. The quantitative estimate of drug-likeness (QED) is 0.543. The Morgan fingerprint density at radius 3 is 2.59 bits per heavy atom. The van der Waals surface area contributed by atoms with Crippen molar-refractivity contribution in [2.24, 2.45) is 0 Å². The Morgan fingerprint density at radius 1 is 1.19 bits per heavy atom. The second-order valence-electron chi connectivity index (χ2n) is 7.45. The Hall–Kier alpha value is -3.24. The van der Waals surface area contributed by atoms with Gasteiger partial charge in [-0.15, -0.1) is 11.3 Å². The summed E-state index contributed by atoms with van der Waals surface area (Å²) in [5.74, 6) is 0.190. The SMILES string of the molecule is CCOC(=O)c1csc2nc(N)nc(N3CCN(C(=O)C[C@@H](O)c4ccccc4)CC3)c12. The van der Waals surface area contributed by atoms with Crippen LogP contribution in [-0.2, 0) is 9.53 Å². The first-order chi connectivity index (χ1) is 15.5. The number of nitrogen functional groups attached to an aromatic ring is 1. The lowest BCUT2D eigenvalue weighted by molar-refractivity contribution is -0.133. The highest BCUT2D eigenvalue weighted by Gasteiger charge is 2.27. The molecule has 0 saturated carbocycles. The summed E-state index contributed by atoms with van der Waals surface area (Å²) in [7, 11) is 0. The molecule has 0 unspecified atom stereocenters. The van der Waals surface area contributed by atoms with Crippen LogP contribution in [0.2, 0.25) is 0 Å². The number of aliphatic hydroxyl groups is 1. The highest BCUT2D eigenvalue weighted by molar-refractivity contribution is 7.17. The topological polar surface area (TPSA) is 122 Å². The van der Waals surface area contributed by atoms with Gasteiger partial charge in [0, 0.05) is 31.6 Å². The molecule has 1 amide bonds. The predicted octanol–water partition coefficient (Wildman–Crippen LogP) is 2.22. The van der Waals surface area contributed by atoms with Gasteiger partial charge in [0.1, 0.15) is 10.6 Å².